The van der Waals surface area contributed by atoms with E-state index in [1.165, 1.54) is 0 Å². The van der Waals surface area contributed by atoms with Crippen molar-refractivity contribution in [3.63, 3.8) is 0 Å². The van der Waals surface area contributed by atoms with Crippen LogP contribution in [-0.4, -0.2) is 53.3 Å². The normalized spacial score (nSPS) is 17.6. The molecule has 0 bridgehead atoms. The molecule has 2 N–H and O–H groups in total. The highest BCUT2D eigenvalue weighted by molar-refractivity contribution is 5.85. The van der Waals surface area contributed by atoms with E-state index in [0.29, 0.717) is 37.9 Å². The zero-order chi connectivity index (χ0) is 15.5. The van der Waals surface area contributed by atoms with Crippen LogP contribution < -0.4 is 15.0 Å². The van der Waals surface area contributed by atoms with E-state index in [1.807, 2.05) is 31.2 Å². The lowest BCUT2D eigenvalue weighted by molar-refractivity contribution is -0.138. The van der Waals surface area contributed by atoms with E-state index in [4.69, 9.17) is 4.74 Å². The maximum absolute atomic E-state index is 11.5. The van der Waals surface area contributed by atoms with Crippen LogP contribution in [0.4, 0.5) is 5.82 Å². The number of hydrogen-bond donors (Lipinski definition) is 2. The van der Waals surface area contributed by atoms with Crippen molar-refractivity contribution in [1.82, 2.24) is 15.3 Å². The number of carboxylic acid groups (broad SMARTS) is 1. The second-order valence-electron chi connectivity index (χ2n) is 5.03. The fourth-order valence-corrected chi connectivity index (χ4v) is 2.57. The number of nitrogens with one attached hydrogen (secondary N) is 1. The van der Waals surface area contributed by atoms with Crippen LogP contribution in [0.5, 0.6) is 5.88 Å². The van der Waals surface area contributed by atoms with Gasteiger partial charge in [-0.1, -0.05) is 12.1 Å². The average molecular weight is 339 g/mol. The maximum atomic E-state index is 11.5. The molecule has 124 valence electrons. The summed E-state index contributed by atoms with van der Waals surface area (Å²) in [6.45, 7) is 3.93. The highest BCUT2D eigenvalue weighted by Crippen LogP contribution is 2.29. The highest BCUT2D eigenvalue weighted by atomic mass is 35.5. The minimum atomic E-state index is -0.885. The van der Waals surface area contributed by atoms with Crippen molar-refractivity contribution in [1.29, 1.82) is 0 Å². The van der Waals surface area contributed by atoms with Crippen LogP contribution in [0, 0.1) is 0 Å². The number of carbonyl (C=O) groups is 1. The van der Waals surface area contributed by atoms with E-state index in [9.17, 15) is 9.90 Å². The lowest BCUT2D eigenvalue weighted by Gasteiger charge is -2.34. The van der Waals surface area contributed by atoms with Crippen LogP contribution >= 0.6 is 12.4 Å². The number of para-hydroxylation sites is 2. The van der Waals surface area contributed by atoms with Crippen molar-refractivity contribution in [2.45, 2.75) is 13.0 Å². The van der Waals surface area contributed by atoms with Crippen molar-refractivity contribution in [2.24, 2.45) is 0 Å². The summed E-state index contributed by atoms with van der Waals surface area (Å²) in [6, 6.07) is 6.81. The van der Waals surface area contributed by atoms with Gasteiger partial charge in [-0.3, -0.25) is 0 Å². The number of aliphatic carboxylic acids is 1. The molecule has 1 saturated heterocycles. The first-order valence-corrected chi connectivity index (χ1v) is 7.30. The van der Waals surface area contributed by atoms with Crippen LogP contribution in [0.1, 0.15) is 6.92 Å². The number of benzene rings is 1. The minimum absolute atomic E-state index is 0. The van der Waals surface area contributed by atoms with Gasteiger partial charge in [-0.05, 0) is 19.1 Å². The van der Waals surface area contributed by atoms with Crippen LogP contribution in [0.3, 0.4) is 0 Å². The van der Waals surface area contributed by atoms with Crippen molar-refractivity contribution in [3.8, 4) is 5.88 Å². The molecule has 1 fully saturated rings. The van der Waals surface area contributed by atoms with E-state index in [0.717, 1.165) is 11.0 Å². The van der Waals surface area contributed by atoms with E-state index in [2.05, 4.69) is 15.3 Å². The summed E-state index contributed by atoms with van der Waals surface area (Å²) in [4.78, 5) is 22.3. The number of anilines is 1. The second-order valence-corrected chi connectivity index (χ2v) is 5.03. The Labute approximate surface area is 140 Å². The van der Waals surface area contributed by atoms with Gasteiger partial charge >= 0.3 is 5.97 Å². The van der Waals surface area contributed by atoms with Gasteiger partial charge in [0.25, 0.3) is 5.88 Å². The van der Waals surface area contributed by atoms with E-state index >= 15 is 0 Å². The molecule has 0 spiro atoms. The molecule has 7 nitrogen and oxygen atoms in total. The average Bonchev–Trinajstić information content (AvgIpc) is 2.54. The van der Waals surface area contributed by atoms with E-state index in [-0.39, 0.29) is 12.4 Å². The third-order valence-electron chi connectivity index (χ3n) is 3.60. The molecule has 1 aliphatic rings. The Morgan fingerprint density at radius 2 is 2.09 bits per heavy atom. The number of hydrogen-bond acceptors (Lipinski definition) is 6. The molecule has 0 amide bonds. The Balaban J connectivity index is 0.00000192. The molecule has 2 aromatic rings. The smallest absolute Gasteiger partial charge is 0.327 e. The first-order chi connectivity index (χ1) is 10.7. The van der Waals surface area contributed by atoms with Gasteiger partial charge in [0.05, 0.1) is 17.6 Å². The van der Waals surface area contributed by atoms with Gasteiger partial charge in [0.2, 0.25) is 0 Å². The zero-order valence-electron chi connectivity index (χ0n) is 12.7. The first-order valence-electron chi connectivity index (χ1n) is 7.30. The Bertz CT molecular complexity index is 697. The number of piperazine rings is 1. The van der Waals surface area contributed by atoms with Gasteiger partial charge in [0.1, 0.15) is 6.04 Å². The quantitative estimate of drug-likeness (QED) is 0.869. The van der Waals surface area contributed by atoms with E-state index < -0.39 is 12.0 Å². The minimum Gasteiger partial charge on any atom is -0.480 e. The molecule has 3 rings (SSSR count). The number of fused-ring (bicyclic) bond motifs is 1. The third-order valence-corrected chi connectivity index (χ3v) is 3.60. The van der Waals surface area contributed by atoms with Gasteiger partial charge < -0.3 is 20.1 Å². The van der Waals surface area contributed by atoms with Crippen LogP contribution in [0.15, 0.2) is 24.3 Å². The van der Waals surface area contributed by atoms with Gasteiger partial charge in [-0.25, -0.2) is 14.8 Å². The molecule has 1 unspecified atom stereocenters. The molecule has 0 radical (unpaired) electrons. The van der Waals surface area contributed by atoms with Crippen LogP contribution in [0.2, 0.25) is 0 Å². The molecule has 23 heavy (non-hydrogen) atoms. The van der Waals surface area contributed by atoms with E-state index in [1.54, 1.807) is 4.90 Å². The number of halogens is 1. The summed E-state index contributed by atoms with van der Waals surface area (Å²) in [7, 11) is 0. The summed E-state index contributed by atoms with van der Waals surface area (Å²) in [5, 5.41) is 12.5. The standard InChI is InChI=1S/C15H18N4O3.ClH/c1-2-22-14-13(17-10-5-3-4-6-11(10)18-14)19-8-7-16-9-12(19)15(20)21;/h3-6,12,16H,2,7-9H2,1H3,(H,20,21);1H. The number of carboxylic acids is 1. The third kappa shape index (κ3) is 3.46. The topological polar surface area (TPSA) is 87.6 Å². The zero-order valence-corrected chi connectivity index (χ0v) is 13.5. The summed E-state index contributed by atoms with van der Waals surface area (Å²) in [5.41, 5.74) is 1.46. The van der Waals surface area contributed by atoms with Gasteiger partial charge in [-0.2, -0.15) is 0 Å². The predicted molar refractivity (Wildman–Crippen MR) is 89.6 cm³/mol. The molecule has 2 heterocycles. The van der Waals surface area contributed by atoms with Gasteiger partial charge in [0.15, 0.2) is 5.82 Å². The fraction of sp³-hybridized carbons (Fsp3) is 0.400. The van der Waals surface area contributed by atoms with Crippen LogP contribution in [0.25, 0.3) is 11.0 Å². The SMILES string of the molecule is CCOc1nc2ccccc2nc1N1CCNCC1C(=O)O.Cl. The predicted octanol–water partition coefficient (Wildman–Crippen LogP) is 1.31. The Morgan fingerprint density at radius 3 is 2.74 bits per heavy atom. The van der Waals surface area contributed by atoms with Crippen molar-refractivity contribution in [3.05, 3.63) is 24.3 Å². The van der Waals surface area contributed by atoms with Gasteiger partial charge in [0, 0.05) is 19.6 Å². The lowest BCUT2D eigenvalue weighted by atomic mass is 10.2. The second kappa shape index (κ2) is 7.43. The Hall–Kier alpha value is -2.12. The summed E-state index contributed by atoms with van der Waals surface area (Å²) >= 11 is 0. The molecule has 8 heteroatoms. The summed E-state index contributed by atoms with van der Waals surface area (Å²) < 4.78 is 5.60. The highest BCUT2D eigenvalue weighted by Gasteiger charge is 2.32. The monoisotopic (exact) mass is 338 g/mol. The largest absolute Gasteiger partial charge is 0.480 e. The lowest BCUT2D eigenvalue weighted by Crippen LogP contribution is -2.55. The van der Waals surface area contributed by atoms with Crippen molar-refractivity contribution >= 4 is 35.2 Å². The molecule has 1 atom stereocenters. The molecule has 1 aliphatic heterocycles. The molecule has 1 aromatic carbocycles. The Kier molecular flexibility index (Phi) is 5.57. The molecule has 0 aliphatic carbocycles. The van der Waals surface area contributed by atoms with Crippen LogP contribution in [-0.2, 0) is 4.79 Å². The summed E-state index contributed by atoms with van der Waals surface area (Å²) in [6.07, 6.45) is 0. The van der Waals surface area contributed by atoms with Gasteiger partial charge in [-0.15, -0.1) is 12.4 Å². The number of nitrogens with zero attached hydrogens (tertiary/aromatic N) is 3. The number of aromatic nitrogens is 2. The van der Waals surface area contributed by atoms with Crippen molar-refractivity contribution in [2.75, 3.05) is 31.1 Å². The number of ether oxygens (including phenoxy) is 1. The number of rotatable bonds is 4. The molecule has 0 saturated carbocycles. The maximum Gasteiger partial charge on any atom is 0.327 e. The molecular formula is C15H19ClN4O3. The van der Waals surface area contributed by atoms with Crippen molar-refractivity contribution < 1.29 is 14.6 Å². The molecule has 1 aromatic heterocycles. The fourth-order valence-electron chi connectivity index (χ4n) is 2.57. The first kappa shape index (κ1) is 17.2. The molecular weight excluding hydrogens is 320 g/mol. The summed E-state index contributed by atoms with van der Waals surface area (Å²) in [5.74, 6) is -0.00610. The Morgan fingerprint density at radius 1 is 1.39 bits per heavy atom.